The molecule has 2 aromatic rings. The maximum absolute atomic E-state index is 11.8. The third-order valence-electron chi connectivity index (χ3n) is 3.95. The van der Waals surface area contributed by atoms with Gasteiger partial charge in [-0.2, -0.15) is 0 Å². The Morgan fingerprint density at radius 1 is 1.00 bits per heavy atom. The van der Waals surface area contributed by atoms with Crippen LogP contribution in [0.2, 0.25) is 0 Å². The van der Waals surface area contributed by atoms with Gasteiger partial charge in [0, 0.05) is 12.3 Å². The van der Waals surface area contributed by atoms with Crippen molar-refractivity contribution in [2.45, 2.75) is 26.2 Å². The lowest BCUT2D eigenvalue weighted by atomic mass is 9.98. The second-order valence-corrected chi connectivity index (χ2v) is 6.01. The average molecular weight is 280 g/mol. The van der Waals surface area contributed by atoms with E-state index in [4.69, 9.17) is 4.74 Å². The van der Waals surface area contributed by atoms with Crippen molar-refractivity contribution in [3.8, 4) is 11.1 Å². The van der Waals surface area contributed by atoms with Gasteiger partial charge in [-0.15, -0.1) is 0 Å². The van der Waals surface area contributed by atoms with E-state index < -0.39 is 0 Å². The summed E-state index contributed by atoms with van der Waals surface area (Å²) in [5.74, 6) is 0.390. The normalized spacial score (nSPS) is 13.1. The van der Waals surface area contributed by atoms with Crippen LogP contribution in [0.5, 0.6) is 0 Å². The van der Waals surface area contributed by atoms with Crippen molar-refractivity contribution in [3.05, 3.63) is 59.7 Å². The van der Waals surface area contributed by atoms with Crippen LogP contribution in [0.3, 0.4) is 0 Å². The zero-order valence-corrected chi connectivity index (χ0v) is 12.5. The smallest absolute Gasteiger partial charge is 0.306 e. The first-order chi connectivity index (χ1) is 10.2. The molecule has 0 N–H and O–H groups in total. The molecule has 0 aliphatic heterocycles. The Bertz CT molecular complexity index is 613. The molecule has 0 saturated carbocycles. The fraction of sp³-hybridized carbons (Fsp3) is 0.316. The quantitative estimate of drug-likeness (QED) is 0.776. The zero-order valence-electron chi connectivity index (χ0n) is 12.5. The monoisotopic (exact) mass is 280 g/mol. The molecule has 3 rings (SSSR count). The highest BCUT2D eigenvalue weighted by molar-refractivity contribution is 5.79. The summed E-state index contributed by atoms with van der Waals surface area (Å²) in [5, 5.41) is 0. The van der Waals surface area contributed by atoms with Crippen LogP contribution in [0.25, 0.3) is 11.1 Å². The average Bonchev–Trinajstić information content (AvgIpc) is 2.79. The summed E-state index contributed by atoms with van der Waals surface area (Å²) in [6.45, 7) is 4.49. The van der Waals surface area contributed by atoms with Crippen molar-refractivity contribution >= 4 is 5.97 Å². The topological polar surface area (TPSA) is 26.3 Å². The molecule has 0 bridgehead atoms. The van der Waals surface area contributed by atoms with Crippen molar-refractivity contribution in [2.75, 3.05) is 6.61 Å². The zero-order chi connectivity index (χ0) is 14.8. The molecular formula is C19H20O2. The molecule has 0 fully saturated rings. The molecular weight excluding hydrogens is 260 g/mol. The fourth-order valence-corrected chi connectivity index (χ4v) is 3.01. The molecule has 108 valence electrons. The second-order valence-electron chi connectivity index (χ2n) is 6.01. The standard InChI is InChI=1S/C19H20O2/c1-13(2)11-19(20)21-12-18-16-9-5-3-7-14(16)15-8-4-6-10-17(15)18/h3-10,13,18H,11-12H2,1-2H3. The van der Waals surface area contributed by atoms with Gasteiger partial charge in [0.1, 0.15) is 6.61 Å². The molecule has 2 aromatic carbocycles. The van der Waals surface area contributed by atoms with Gasteiger partial charge in [-0.25, -0.2) is 0 Å². The van der Waals surface area contributed by atoms with Crippen molar-refractivity contribution in [3.63, 3.8) is 0 Å². The van der Waals surface area contributed by atoms with Gasteiger partial charge in [0.15, 0.2) is 0 Å². The largest absolute Gasteiger partial charge is 0.465 e. The lowest BCUT2D eigenvalue weighted by molar-refractivity contribution is -0.144. The molecule has 1 aliphatic carbocycles. The number of carbonyl (C=O) groups is 1. The van der Waals surface area contributed by atoms with Gasteiger partial charge in [0.05, 0.1) is 0 Å². The van der Waals surface area contributed by atoms with E-state index in [0.717, 1.165) is 0 Å². The predicted molar refractivity (Wildman–Crippen MR) is 84.1 cm³/mol. The molecule has 0 heterocycles. The predicted octanol–water partition coefficient (Wildman–Crippen LogP) is 4.39. The lowest BCUT2D eigenvalue weighted by Crippen LogP contribution is -2.13. The van der Waals surface area contributed by atoms with E-state index >= 15 is 0 Å². The van der Waals surface area contributed by atoms with Crippen molar-refractivity contribution < 1.29 is 9.53 Å². The number of carbonyl (C=O) groups excluding carboxylic acids is 1. The fourth-order valence-electron chi connectivity index (χ4n) is 3.01. The Balaban J connectivity index is 1.84. The van der Waals surface area contributed by atoms with Crippen molar-refractivity contribution in [2.24, 2.45) is 5.92 Å². The van der Waals surface area contributed by atoms with E-state index in [0.29, 0.717) is 18.9 Å². The Kier molecular flexibility index (Phi) is 3.78. The maximum Gasteiger partial charge on any atom is 0.306 e. The van der Waals surface area contributed by atoms with Gasteiger partial charge in [-0.05, 0) is 28.2 Å². The minimum absolute atomic E-state index is 0.105. The molecule has 0 saturated heterocycles. The first-order valence-electron chi connectivity index (χ1n) is 7.50. The number of hydrogen-bond acceptors (Lipinski definition) is 2. The number of benzene rings is 2. The Morgan fingerprint density at radius 2 is 1.52 bits per heavy atom. The summed E-state index contributed by atoms with van der Waals surface area (Å²) < 4.78 is 5.51. The SMILES string of the molecule is CC(C)CC(=O)OCC1c2ccccc2-c2ccccc21. The third kappa shape index (κ3) is 2.71. The second kappa shape index (κ2) is 5.72. The highest BCUT2D eigenvalue weighted by Gasteiger charge is 2.28. The lowest BCUT2D eigenvalue weighted by Gasteiger charge is -2.14. The van der Waals surface area contributed by atoms with Crippen LogP contribution in [-0.2, 0) is 9.53 Å². The minimum Gasteiger partial charge on any atom is -0.465 e. The van der Waals surface area contributed by atoms with Crippen LogP contribution in [0, 0.1) is 5.92 Å². The van der Waals surface area contributed by atoms with Gasteiger partial charge in [-0.3, -0.25) is 4.79 Å². The van der Waals surface area contributed by atoms with Crippen molar-refractivity contribution in [1.29, 1.82) is 0 Å². The van der Waals surface area contributed by atoms with Gasteiger partial charge in [-0.1, -0.05) is 62.4 Å². The molecule has 0 aromatic heterocycles. The summed E-state index contributed by atoms with van der Waals surface area (Å²) in [7, 11) is 0. The number of fused-ring (bicyclic) bond motifs is 3. The Labute approximate surface area is 125 Å². The van der Waals surface area contributed by atoms with Gasteiger partial charge in [0.2, 0.25) is 0 Å². The van der Waals surface area contributed by atoms with Gasteiger partial charge < -0.3 is 4.74 Å². The summed E-state index contributed by atoms with van der Waals surface area (Å²) >= 11 is 0. The molecule has 21 heavy (non-hydrogen) atoms. The van der Waals surface area contributed by atoms with Crippen LogP contribution < -0.4 is 0 Å². The summed E-state index contributed by atoms with van der Waals surface area (Å²) in [6.07, 6.45) is 0.482. The van der Waals surface area contributed by atoms with E-state index in [-0.39, 0.29) is 11.9 Å². The number of hydrogen-bond donors (Lipinski definition) is 0. The van der Waals surface area contributed by atoms with E-state index in [1.54, 1.807) is 0 Å². The molecule has 0 amide bonds. The Hall–Kier alpha value is -2.09. The summed E-state index contributed by atoms with van der Waals surface area (Å²) in [6, 6.07) is 16.8. The molecule has 0 unspecified atom stereocenters. The highest BCUT2D eigenvalue weighted by atomic mass is 16.5. The Morgan fingerprint density at radius 3 is 2.05 bits per heavy atom. The third-order valence-corrected chi connectivity index (χ3v) is 3.95. The van der Waals surface area contributed by atoms with E-state index in [9.17, 15) is 4.79 Å². The molecule has 0 atom stereocenters. The van der Waals surface area contributed by atoms with Gasteiger partial charge in [0.25, 0.3) is 0 Å². The summed E-state index contributed by atoms with van der Waals surface area (Å²) in [4.78, 5) is 11.8. The number of rotatable bonds is 4. The van der Waals surface area contributed by atoms with Crippen LogP contribution in [0.1, 0.15) is 37.3 Å². The van der Waals surface area contributed by atoms with E-state index in [2.05, 4.69) is 36.4 Å². The van der Waals surface area contributed by atoms with Crippen LogP contribution in [-0.4, -0.2) is 12.6 Å². The highest BCUT2D eigenvalue weighted by Crippen LogP contribution is 2.44. The van der Waals surface area contributed by atoms with Crippen LogP contribution in [0.4, 0.5) is 0 Å². The summed E-state index contributed by atoms with van der Waals surface area (Å²) in [5.41, 5.74) is 5.04. The molecule has 2 heteroatoms. The first kappa shape index (κ1) is 13.9. The number of ether oxygens (including phenoxy) is 1. The maximum atomic E-state index is 11.8. The van der Waals surface area contributed by atoms with E-state index in [1.807, 2.05) is 26.0 Å². The minimum atomic E-state index is -0.105. The molecule has 0 radical (unpaired) electrons. The van der Waals surface area contributed by atoms with Gasteiger partial charge >= 0.3 is 5.97 Å². The molecule has 0 spiro atoms. The van der Waals surface area contributed by atoms with Crippen LogP contribution in [0.15, 0.2) is 48.5 Å². The first-order valence-corrected chi connectivity index (χ1v) is 7.50. The van der Waals surface area contributed by atoms with Crippen molar-refractivity contribution in [1.82, 2.24) is 0 Å². The number of esters is 1. The van der Waals surface area contributed by atoms with E-state index in [1.165, 1.54) is 22.3 Å². The van der Waals surface area contributed by atoms with Crippen LogP contribution >= 0.6 is 0 Å². The molecule has 1 aliphatic rings. The molecule has 2 nitrogen and oxygen atoms in total.